The third-order valence-corrected chi connectivity index (χ3v) is 4.56. The Bertz CT molecular complexity index is 910. The summed E-state index contributed by atoms with van der Waals surface area (Å²) in [5.74, 6) is 1.18. The summed E-state index contributed by atoms with van der Waals surface area (Å²) < 4.78 is 11.8. The Morgan fingerprint density at radius 2 is 2.07 bits per heavy atom. The molecule has 0 bridgehead atoms. The van der Waals surface area contributed by atoms with E-state index in [0.29, 0.717) is 24.4 Å². The van der Waals surface area contributed by atoms with Gasteiger partial charge in [-0.2, -0.15) is 5.26 Å². The van der Waals surface area contributed by atoms with Crippen LogP contribution in [-0.4, -0.2) is 29.6 Å². The number of rotatable bonds is 7. The number of nitrogens with zero attached hydrogens (tertiary/aromatic N) is 2. The predicted octanol–water partition coefficient (Wildman–Crippen LogP) is 3.87. The number of hydrogen-bond donors (Lipinski definition) is 0. The summed E-state index contributed by atoms with van der Waals surface area (Å²) in [5.41, 5.74) is 2.36. The van der Waals surface area contributed by atoms with E-state index in [1.54, 1.807) is 23.1 Å². The Kier molecular flexibility index (Phi) is 5.70. The molecule has 0 spiro atoms. The van der Waals surface area contributed by atoms with Gasteiger partial charge in [0, 0.05) is 25.1 Å². The molecule has 1 amide bonds. The van der Waals surface area contributed by atoms with Crippen LogP contribution in [0.1, 0.15) is 30.5 Å². The lowest BCUT2D eigenvalue weighted by molar-refractivity contribution is -0.133. The van der Waals surface area contributed by atoms with E-state index in [2.05, 4.69) is 12.6 Å². The standard InChI is InChI=1S/C23H24N2O3/c1-4-12-25(15-18-10-8-17(14-24)9-11-18)21(26)16-27-20-7-5-6-19-13-23(2,3)28-22(19)20/h4-11H,1,12-13,15-16H2,2-3H3. The first-order chi connectivity index (χ1) is 13.4. The lowest BCUT2D eigenvalue weighted by atomic mass is 10.0. The smallest absolute Gasteiger partial charge is 0.261 e. The molecule has 5 nitrogen and oxygen atoms in total. The molecule has 144 valence electrons. The molecule has 0 atom stereocenters. The van der Waals surface area contributed by atoms with E-state index in [-0.39, 0.29) is 18.1 Å². The maximum atomic E-state index is 12.7. The van der Waals surface area contributed by atoms with Crippen molar-refractivity contribution in [2.24, 2.45) is 0 Å². The number of amides is 1. The van der Waals surface area contributed by atoms with Crippen molar-refractivity contribution in [1.82, 2.24) is 4.90 Å². The fraction of sp³-hybridized carbons (Fsp3) is 0.304. The van der Waals surface area contributed by atoms with Crippen molar-refractivity contribution >= 4 is 5.91 Å². The highest BCUT2D eigenvalue weighted by Crippen LogP contribution is 2.41. The van der Waals surface area contributed by atoms with E-state index >= 15 is 0 Å². The van der Waals surface area contributed by atoms with Gasteiger partial charge in [0.25, 0.3) is 5.91 Å². The van der Waals surface area contributed by atoms with Crippen molar-refractivity contribution < 1.29 is 14.3 Å². The number of fused-ring (bicyclic) bond motifs is 1. The van der Waals surface area contributed by atoms with Crippen molar-refractivity contribution in [1.29, 1.82) is 5.26 Å². The van der Waals surface area contributed by atoms with E-state index in [9.17, 15) is 4.79 Å². The number of carbonyl (C=O) groups excluding carboxylic acids is 1. The average molecular weight is 376 g/mol. The first-order valence-corrected chi connectivity index (χ1v) is 9.23. The minimum Gasteiger partial charge on any atom is -0.483 e. The first kappa shape index (κ1) is 19.5. The number of ether oxygens (including phenoxy) is 2. The second kappa shape index (κ2) is 8.18. The van der Waals surface area contributed by atoms with Gasteiger partial charge >= 0.3 is 0 Å². The van der Waals surface area contributed by atoms with Gasteiger partial charge in [-0.15, -0.1) is 6.58 Å². The summed E-state index contributed by atoms with van der Waals surface area (Å²) in [6.07, 6.45) is 2.50. The molecule has 1 heterocycles. The summed E-state index contributed by atoms with van der Waals surface area (Å²) in [4.78, 5) is 14.4. The van der Waals surface area contributed by atoms with Crippen LogP contribution in [0, 0.1) is 11.3 Å². The van der Waals surface area contributed by atoms with Gasteiger partial charge in [-0.05, 0) is 37.6 Å². The number of para-hydroxylation sites is 1. The zero-order valence-electron chi connectivity index (χ0n) is 16.3. The molecule has 5 heteroatoms. The van der Waals surface area contributed by atoms with Crippen LogP contribution in [0.2, 0.25) is 0 Å². The highest BCUT2D eigenvalue weighted by molar-refractivity contribution is 5.78. The Hall–Kier alpha value is -3.26. The van der Waals surface area contributed by atoms with Crippen LogP contribution >= 0.6 is 0 Å². The quantitative estimate of drug-likeness (QED) is 0.688. The van der Waals surface area contributed by atoms with E-state index in [1.165, 1.54) is 0 Å². The Morgan fingerprint density at radius 1 is 1.32 bits per heavy atom. The summed E-state index contributed by atoms with van der Waals surface area (Å²) in [6, 6.07) is 15.0. The van der Waals surface area contributed by atoms with Crippen LogP contribution in [-0.2, 0) is 17.8 Å². The maximum Gasteiger partial charge on any atom is 0.261 e. The second-order valence-electron chi connectivity index (χ2n) is 7.44. The molecule has 1 aliphatic heterocycles. The minimum atomic E-state index is -0.268. The lowest BCUT2D eigenvalue weighted by Crippen LogP contribution is -2.34. The van der Waals surface area contributed by atoms with Crippen molar-refractivity contribution in [3.63, 3.8) is 0 Å². The molecule has 28 heavy (non-hydrogen) atoms. The molecule has 0 aromatic heterocycles. The maximum absolute atomic E-state index is 12.7. The van der Waals surface area contributed by atoms with E-state index in [1.807, 2.05) is 44.2 Å². The van der Waals surface area contributed by atoms with Crippen molar-refractivity contribution in [2.75, 3.05) is 13.2 Å². The highest BCUT2D eigenvalue weighted by Gasteiger charge is 2.32. The largest absolute Gasteiger partial charge is 0.483 e. The number of nitriles is 1. The Labute approximate surface area is 165 Å². The molecule has 2 aromatic carbocycles. The van der Waals surface area contributed by atoms with Crippen LogP contribution in [0.15, 0.2) is 55.1 Å². The second-order valence-corrected chi connectivity index (χ2v) is 7.44. The molecule has 2 aromatic rings. The molecule has 0 unspecified atom stereocenters. The predicted molar refractivity (Wildman–Crippen MR) is 107 cm³/mol. The molecular formula is C23H24N2O3. The van der Waals surface area contributed by atoms with Crippen molar-refractivity contribution in [3.8, 4) is 17.6 Å². The zero-order valence-corrected chi connectivity index (χ0v) is 16.3. The summed E-state index contributed by atoms with van der Waals surface area (Å²) in [7, 11) is 0. The molecule has 0 radical (unpaired) electrons. The van der Waals surface area contributed by atoms with Gasteiger partial charge in [0.05, 0.1) is 11.6 Å². The summed E-state index contributed by atoms with van der Waals surface area (Å²) in [5, 5.41) is 8.91. The third-order valence-electron chi connectivity index (χ3n) is 4.56. The number of carbonyl (C=O) groups is 1. The molecule has 0 saturated carbocycles. The van der Waals surface area contributed by atoms with Gasteiger partial charge in [0.1, 0.15) is 5.60 Å². The average Bonchev–Trinajstić information content (AvgIpc) is 3.00. The van der Waals surface area contributed by atoms with Gasteiger partial charge in [-0.1, -0.05) is 30.3 Å². The fourth-order valence-corrected chi connectivity index (χ4v) is 3.25. The topological polar surface area (TPSA) is 62.6 Å². The highest BCUT2D eigenvalue weighted by atomic mass is 16.5. The van der Waals surface area contributed by atoms with Crippen molar-refractivity contribution in [2.45, 2.75) is 32.4 Å². The van der Waals surface area contributed by atoms with Crippen LogP contribution in [0.3, 0.4) is 0 Å². The van der Waals surface area contributed by atoms with Crippen molar-refractivity contribution in [3.05, 3.63) is 71.8 Å². The monoisotopic (exact) mass is 376 g/mol. The summed E-state index contributed by atoms with van der Waals surface area (Å²) in [6.45, 7) is 8.56. The third kappa shape index (κ3) is 4.52. The van der Waals surface area contributed by atoms with Gasteiger partial charge in [-0.25, -0.2) is 0 Å². The van der Waals surface area contributed by atoms with Crippen LogP contribution in [0.4, 0.5) is 0 Å². The number of hydrogen-bond acceptors (Lipinski definition) is 4. The molecular weight excluding hydrogens is 352 g/mol. The molecule has 0 saturated heterocycles. The van der Waals surface area contributed by atoms with Gasteiger partial charge in [0.2, 0.25) is 0 Å². The molecule has 1 aliphatic rings. The Balaban J connectivity index is 1.66. The molecule has 0 aliphatic carbocycles. The van der Waals surface area contributed by atoms with Gasteiger partial charge in [0.15, 0.2) is 18.1 Å². The van der Waals surface area contributed by atoms with Crippen LogP contribution < -0.4 is 9.47 Å². The molecule has 0 N–H and O–H groups in total. The Morgan fingerprint density at radius 3 is 2.75 bits per heavy atom. The molecule has 3 rings (SSSR count). The SMILES string of the molecule is C=CCN(Cc1ccc(C#N)cc1)C(=O)COc1cccc2c1OC(C)(C)C2. The van der Waals surface area contributed by atoms with Crippen LogP contribution in [0.25, 0.3) is 0 Å². The lowest BCUT2D eigenvalue weighted by Gasteiger charge is -2.22. The van der Waals surface area contributed by atoms with E-state index in [0.717, 1.165) is 23.3 Å². The zero-order chi connectivity index (χ0) is 20.1. The molecule has 0 fully saturated rings. The minimum absolute atomic E-state index is 0.0790. The van der Waals surface area contributed by atoms with Crippen LogP contribution in [0.5, 0.6) is 11.5 Å². The fourth-order valence-electron chi connectivity index (χ4n) is 3.25. The van der Waals surface area contributed by atoms with E-state index < -0.39 is 0 Å². The summed E-state index contributed by atoms with van der Waals surface area (Å²) >= 11 is 0. The van der Waals surface area contributed by atoms with E-state index in [4.69, 9.17) is 14.7 Å². The number of benzene rings is 2. The first-order valence-electron chi connectivity index (χ1n) is 9.23. The normalized spacial score (nSPS) is 13.8. The van der Waals surface area contributed by atoms with Gasteiger partial charge < -0.3 is 14.4 Å². The van der Waals surface area contributed by atoms with Gasteiger partial charge in [-0.3, -0.25) is 4.79 Å².